The van der Waals surface area contributed by atoms with Crippen molar-refractivity contribution in [2.45, 2.75) is 24.3 Å². The summed E-state index contributed by atoms with van der Waals surface area (Å²) < 4.78 is 38.3. The van der Waals surface area contributed by atoms with Gasteiger partial charge in [-0.1, -0.05) is 6.07 Å². The molecule has 0 spiro atoms. The molecule has 0 bridgehead atoms. The fraction of sp³-hybridized carbons (Fsp3) is 0.353. The van der Waals surface area contributed by atoms with E-state index in [4.69, 9.17) is 14.7 Å². The lowest BCUT2D eigenvalue weighted by Gasteiger charge is -2.19. The van der Waals surface area contributed by atoms with Gasteiger partial charge in [0.25, 0.3) is 5.88 Å². The second-order valence-electron chi connectivity index (χ2n) is 5.87. The number of rotatable bonds is 5. The SMILES string of the molecule is COc1ccc(C)cc1S(=O)(=O)N1CCC(Oc2nccnc2C#N)C1. The molecule has 2 heterocycles. The molecule has 1 unspecified atom stereocenters. The number of nitrogens with zero attached hydrogens (tertiary/aromatic N) is 4. The van der Waals surface area contributed by atoms with Gasteiger partial charge in [-0.3, -0.25) is 0 Å². The van der Waals surface area contributed by atoms with Gasteiger partial charge in [-0.25, -0.2) is 18.4 Å². The molecule has 1 aliphatic heterocycles. The molecule has 9 heteroatoms. The lowest BCUT2D eigenvalue weighted by molar-refractivity contribution is 0.205. The summed E-state index contributed by atoms with van der Waals surface area (Å²) in [4.78, 5) is 8.03. The van der Waals surface area contributed by atoms with Crippen LogP contribution in [0.25, 0.3) is 0 Å². The molecule has 0 saturated carbocycles. The first-order valence-electron chi connectivity index (χ1n) is 7.98. The number of ether oxygens (including phenoxy) is 2. The summed E-state index contributed by atoms with van der Waals surface area (Å²) in [7, 11) is -2.28. The van der Waals surface area contributed by atoms with E-state index in [1.165, 1.54) is 23.8 Å². The third-order valence-corrected chi connectivity index (χ3v) is 5.98. The van der Waals surface area contributed by atoms with Crippen LogP contribution in [0, 0.1) is 18.3 Å². The lowest BCUT2D eigenvalue weighted by Crippen LogP contribution is -2.31. The second kappa shape index (κ2) is 7.27. The molecule has 1 atom stereocenters. The van der Waals surface area contributed by atoms with Crippen molar-refractivity contribution < 1.29 is 17.9 Å². The molecular formula is C17H18N4O4S. The normalized spacial score (nSPS) is 17.7. The Morgan fingerprint density at radius 3 is 2.81 bits per heavy atom. The summed E-state index contributed by atoms with van der Waals surface area (Å²) in [5.41, 5.74) is 0.906. The van der Waals surface area contributed by atoms with Crippen molar-refractivity contribution in [2.24, 2.45) is 0 Å². The van der Waals surface area contributed by atoms with E-state index >= 15 is 0 Å². The summed E-state index contributed by atoms with van der Waals surface area (Å²) in [6, 6.07) is 6.95. The summed E-state index contributed by atoms with van der Waals surface area (Å²) in [5.74, 6) is 0.424. The van der Waals surface area contributed by atoms with Gasteiger partial charge in [0.1, 0.15) is 22.8 Å². The number of sulfonamides is 1. The maximum absolute atomic E-state index is 13.0. The highest BCUT2D eigenvalue weighted by Crippen LogP contribution is 2.30. The van der Waals surface area contributed by atoms with E-state index in [0.717, 1.165) is 5.56 Å². The van der Waals surface area contributed by atoms with Crippen LogP contribution in [0.4, 0.5) is 0 Å². The number of hydrogen-bond acceptors (Lipinski definition) is 7. The quantitative estimate of drug-likeness (QED) is 0.781. The lowest BCUT2D eigenvalue weighted by atomic mass is 10.2. The summed E-state index contributed by atoms with van der Waals surface area (Å²) in [5, 5.41) is 9.05. The first-order chi connectivity index (χ1) is 12.5. The molecule has 26 heavy (non-hydrogen) atoms. The molecule has 3 rings (SSSR count). The molecule has 136 valence electrons. The van der Waals surface area contributed by atoms with E-state index in [0.29, 0.717) is 18.7 Å². The van der Waals surface area contributed by atoms with E-state index < -0.39 is 16.1 Å². The van der Waals surface area contributed by atoms with Gasteiger partial charge in [0, 0.05) is 18.9 Å². The number of benzene rings is 1. The maximum Gasteiger partial charge on any atom is 0.251 e. The summed E-state index contributed by atoms with van der Waals surface area (Å²) in [6.07, 6.45) is 2.93. The first kappa shape index (κ1) is 18.1. The number of aromatic nitrogens is 2. The van der Waals surface area contributed by atoms with Crippen LogP contribution in [0.15, 0.2) is 35.5 Å². The summed E-state index contributed by atoms with van der Waals surface area (Å²) in [6.45, 7) is 2.30. The number of nitriles is 1. The monoisotopic (exact) mass is 374 g/mol. The second-order valence-corrected chi connectivity index (χ2v) is 7.77. The number of methoxy groups -OCH3 is 1. The standard InChI is InChI=1S/C17H18N4O4S/c1-12-3-4-15(24-2)16(9-12)26(22,23)21-8-5-13(11-21)25-17-14(10-18)19-6-7-20-17/h3-4,6-7,9,13H,5,8,11H2,1-2H3. The van der Waals surface area contributed by atoms with Crippen LogP contribution in [0.1, 0.15) is 17.7 Å². The first-order valence-corrected chi connectivity index (χ1v) is 9.42. The molecule has 1 saturated heterocycles. The van der Waals surface area contributed by atoms with Crippen LogP contribution in [-0.2, 0) is 10.0 Å². The van der Waals surface area contributed by atoms with E-state index in [9.17, 15) is 8.42 Å². The van der Waals surface area contributed by atoms with Crippen molar-refractivity contribution in [3.8, 4) is 17.7 Å². The Kier molecular flexibility index (Phi) is 5.06. The van der Waals surface area contributed by atoms with Crippen molar-refractivity contribution in [2.75, 3.05) is 20.2 Å². The van der Waals surface area contributed by atoms with Crippen LogP contribution in [0.2, 0.25) is 0 Å². The van der Waals surface area contributed by atoms with Crippen LogP contribution >= 0.6 is 0 Å². The van der Waals surface area contributed by atoms with Gasteiger partial charge in [-0.15, -0.1) is 0 Å². The Hall–Kier alpha value is -2.70. The highest BCUT2D eigenvalue weighted by molar-refractivity contribution is 7.89. The van der Waals surface area contributed by atoms with E-state index in [-0.39, 0.29) is 23.0 Å². The molecule has 1 aliphatic rings. The fourth-order valence-electron chi connectivity index (χ4n) is 2.78. The summed E-state index contributed by atoms with van der Waals surface area (Å²) >= 11 is 0. The highest BCUT2D eigenvalue weighted by Gasteiger charge is 2.35. The fourth-order valence-corrected chi connectivity index (χ4v) is 4.51. The zero-order valence-corrected chi connectivity index (χ0v) is 15.2. The van der Waals surface area contributed by atoms with Crippen molar-refractivity contribution in [1.82, 2.24) is 14.3 Å². The van der Waals surface area contributed by atoms with Crippen LogP contribution < -0.4 is 9.47 Å². The molecule has 0 radical (unpaired) electrons. The molecule has 0 aliphatic carbocycles. The van der Waals surface area contributed by atoms with Crippen molar-refractivity contribution in [3.63, 3.8) is 0 Å². The topological polar surface area (TPSA) is 105 Å². The molecule has 0 amide bonds. The highest BCUT2D eigenvalue weighted by atomic mass is 32.2. The Balaban J connectivity index is 1.80. The molecule has 0 N–H and O–H groups in total. The van der Waals surface area contributed by atoms with Crippen LogP contribution in [0.3, 0.4) is 0 Å². The molecule has 1 aromatic heterocycles. The van der Waals surface area contributed by atoms with Crippen molar-refractivity contribution >= 4 is 10.0 Å². The minimum Gasteiger partial charge on any atom is -0.495 e. The predicted octanol–water partition coefficient (Wildman–Crippen LogP) is 1.51. The maximum atomic E-state index is 13.0. The third-order valence-electron chi connectivity index (χ3n) is 4.09. The van der Waals surface area contributed by atoms with Crippen LogP contribution in [0.5, 0.6) is 11.6 Å². The zero-order chi connectivity index (χ0) is 18.7. The van der Waals surface area contributed by atoms with Gasteiger partial charge in [0.05, 0.1) is 13.7 Å². The predicted molar refractivity (Wildman–Crippen MR) is 92.3 cm³/mol. The van der Waals surface area contributed by atoms with Crippen molar-refractivity contribution in [3.05, 3.63) is 41.9 Å². The van der Waals surface area contributed by atoms with Gasteiger partial charge in [0.2, 0.25) is 15.7 Å². The average molecular weight is 374 g/mol. The number of aryl methyl sites for hydroxylation is 1. The van der Waals surface area contributed by atoms with Gasteiger partial charge < -0.3 is 9.47 Å². The average Bonchev–Trinajstić information content (AvgIpc) is 3.11. The Labute approximate surface area is 152 Å². The minimum atomic E-state index is -3.72. The Bertz CT molecular complexity index is 955. The third kappa shape index (κ3) is 3.47. The Morgan fingerprint density at radius 2 is 2.08 bits per heavy atom. The molecule has 1 aromatic carbocycles. The minimum absolute atomic E-state index is 0.0779. The Morgan fingerprint density at radius 1 is 1.31 bits per heavy atom. The number of hydrogen-bond donors (Lipinski definition) is 0. The van der Waals surface area contributed by atoms with Crippen molar-refractivity contribution in [1.29, 1.82) is 5.26 Å². The van der Waals surface area contributed by atoms with E-state index in [1.54, 1.807) is 18.2 Å². The zero-order valence-electron chi connectivity index (χ0n) is 14.4. The van der Waals surface area contributed by atoms with Crippen LogP contribution in [-0.4, -0.2) is 49.0 Å². The van der Waals surface area contributed by atoms with Gasteiger partial charge in [-0.2, -0.15) is 9.57 Å². The smallest absolute Gasteiger partial charge is 0.251 e. The molecule has 8 nitrogen and oxygen atoms in total. The van der Waals surface area contributed by atoms with E-state index in [2.05, 4.69) is 9.97 Å². The van der Waals surface area contributed by atoms with Gasteiger partial charge in [-0.05, 0) is 31.0 Å². The van der Waals surface area contributed by atoms with Gasteiger partial charge >= 0.3 is 0 Å². The largest absolute Gasteiger partial charge is 0.495 e. The van der Waals surface area contributed by atoms with Gasteiger partial charge in [0.15, 0.2) is 0 Å². The van der Waals surface area contributed by atoms with E-state index in [1.807, 2.05) is 13.0 Å². The molecule has 1 fully saturated rings. The molecule has 2 aromatic rings. The molecular weight excluding hydrogens is 356 g/mol.